The lowest BCUT2D eigenvalue weighted by atomic mass is 9.93. The summed E-state index contributed by atoms with van der Waals surface area (Å²) in [5.74, 6) is 0.672. The third-order valence-electron chi connectivity index (χ3n) is 5.34. The van der Waals surface area contributed by atoms with Gasteiger partial charge < -0.3 is 9.80 Å². The van der Waals surface area contributed by atoms with Crippen LogP contribution < -0.4 is 4.90 Å². The summed E-state index contributed by atoms with van der Waals surface area (Å²) in [6.45, 7) is 0.933. The number of benzene rings is 1. The number of halogens is 1. The van der Waals surface area contributed by atoms with Gasteiger partial charge in [-0.2, -0.15) is 5.10 Å². The van der Waals surface area contributed by atoms with Gasteiger partial charge in [-0.1, -0.05) is 23.7 Å². The van der Waals surface area contributed by atoms with Crippen molar-refractivity contribution in [2.24, 2.45) is 0 Å². The van der Waals surface area contributed by atoms with Crippen molar-refractivity contribution < 1.29 is 4.79 Å². The molecular formula is C22H25ClN6O. The zero-order valence-electron chi connectivity index (χ0n) is 17.2. The Morgan fingerprint density at radius 2 is 2.13 bits per heavy atom. The van der Waals surface area contributed by atoms with E-state index in [2.05, 4.69) is 10.1 Å². The molecule has 3 aromatic rings. The van der Waals surface area contributed by atoms with Crippen molar-refractivity contribution in [3.63, 3.8) is 0 Å². The zero-order valence-corrected chi connectivity index (χ0v) is 18.0. The monoisotopic (exact) mass is 424 g/mol. The number of nitrogens with zero attached hydrogens (tertiary/aromatic N) is 6. The first-order chi connectivity index (χ1) is 14.5. The lowest BCUT2D eigenvalue weighted by Crippen LogP contribution is -2.41. The Morgan fingerprint density at radius 3 is 2.87 bits per heavy atom. The van der Waals surface area contributed by atoms with Crippen LogP contribution in [-0.2, 0) is 11.3 Å². The van der Waals surface area contributed by atoms with Crippen LogP contribution in [0.2, 0.25) is 5.02 Å². The Hall–Kier alpha value is -2.93. The molecule has 0 unspecified atom stereocenters. The van der Waals surface area contributed by atoms with E-state index in [0.717, 1.165) is 36.1 Å². The molecule has 1 amide bonds. The normalized spacial score (nSPS) is 16.5. The molecule has 2 aromatic heterocycles. The molecule has 1 aromatic carbocycles. The summed E-state index contributed by atoms with van der Waals surface area (Å²) < 4.78 is 1.66. The van der Waals surface area contributed by atoms with Crippen molar-refractivity contribution in [2.45, 2.75) is 31.8 Å². The standard InChI is InChI=1S/C22H25ClN6O/c1-27(2)22-24-14-18(16-7-5-8-17(23)13-16)21(26-22)19-9-3-4-12-29(19)20(30)15-28-11-6-10-25-28/h5-8,10-11,13-14,19H,3-4,9,12,15H2,1-2H3/t19-/m1/s1. The highest BCUT2D eigenvalue weighted by atomic mass is 35.5. The molecule has 1 aliphatic heterocycles. The van der Waals surface area contributed by atoms with E-state index in [4.69, 9.17) is 16.6 Å². The average molecular weight is 425 g/mol. The van der Waals surface area contributed by atoms with Crippen molar-refractivity contribution in [2.75, 3.05) is 25.5 Å². The van der Waals surface area contributed by atoms with Crippen molar-refractivity contribution >= 4 is 23.5 Å². The molecule has 7 nitrogen and oxygen atoms in total. The van der Waals surface area contributed by atoms with Crippen LogP contribution in [0.15, 0.2) is 48.9 Å². The first-order valence-corrected chi connectivity index (χ1v) is 10.5. The predicted molar refractivity (Wildman–Crippen MR) is 117 cm³/mol. The maximum absolute atomic E-state index is 13.2. The second-order valence-electron chi connectivity index (χ2n) is 7.68. The summed E-state index contributed by atoms with van der Waals surface area (Å²) in [6.07, 6.45) is 8.23. The maximum Gasteiger partial charge on any atom is 0.244 e. The van der Waals surface area contributed by atoms with Gasteiger partial charge in [0.2, 0.25) is 11.9 Å². The van der Waals surface area contributed by atoms with Gasteiger partial charge >= 0.3 is 0 Å². The predicted octanol–water partition coefficient (Wildman–Crippen LogP) is 3.81. The van der Waals surface area contributed by atoms with Crippen LogP contribution in [0.3, 0.4) is 0 Å². The summed E-state index contributed by atoms with van der Waals surface area (Å²) in [4.78, 5) is 26.4. The van der Waals surface area contributed by atoms with Crippen LogP contribution in [-0.4, -0.2) is 51.2 Å². The summed E-state index contributed by atoms with van der Waals surface area (Å²) in [5.41, 5.74) is 2.73. The van der Waals surface area contributed by atoms with Gasteiger partial charge in [0.05, 0.1) is 11.7 Å². The van der Waals surface area contributed by atoms with Gasteiger partial charge in [0.1, 0.15) is 6.54 Å². The van der Waals surface area contributed by atoms with E-state index in [9.17, 15) is 4.79 Å². The van der Waals surface area contributed by atoms with E-state index in [1.165, 1.54) is 0 Å². The Morgan fingerprint density at radius 1 is 1.27 bits per heavy atom. The number of hydrogen-bond donors (Lipinski definition) is 0. The third-order valence-corrected chi connectivity index (χ3v) is 5.57. The highest BCUT2D eigenvalue weighted by molar-refractivity contribution is 6.30. The minimum Gasteiger partial charge on any atom is -0.347 e. The van der Waals surface area contributed by atoms with E-state index >= 15 is 0 Å². The first-order valence-electron chi connectivity index (χ1n) is 10.1. The molecule has 0 N–H and O–H groups in total. The van der Waals surface area contributed by atoms with Gasteiger partial charge in [0.25, 0.3) is 0 Å². The summed E-state index contributed by atoms with van der Waals surface area (Å²) in [5, 5.41) is 4.84. The largest absolute Gasteiger partial charge is 0.347 e. The summed E-state index contributed by atoms with van der Waals surface area (Å²) >= 11 is 6.25. The highest BCUT2D eigenvalue weighted by Crippen LogP contribution is 2.37. The van der Waals surface area contributed by atoms with Gasteiger partial charge in [0.15, 0.2) is 0 Å². The van der Waals surface area contributed by atoms with Gasteiger partial charge in [-0.3, -0.25) is 9.48 Å². The van der Waals surface area contributed by atoms with Crippen LogP contribution in [0, 0.1) is 0 Å². The lowest BCUT2D eigenvalue weighted by molar-refractivity contribution is -0.136. The number of hydrogen-bond acceptors (Lipinski definition) is 5. The smallest absolute Gasteiger partial charge is 0.244 e. The van der Waals surface area contributed by atoms with E-state index in [-0.39, 0.29) is 18.5 Å². The Bertz CT molecular complexity index is 1020. The minimum absolute atomic E-state index is 0.0467. The van der Waals surface area contributed by atoms with Gasteiger partial charge in [-0.25, -0.2) is 9.97 Å². The van der Waals surface area contributed by atoms with Crippen LogP contribution in [0.4, 0.5) is 5.95 Å². The SMILES string of the molecule is CN(C)c1ncc(-c2cccc(Cl)c2)c([C@H]2CCCCN2C(=O)Cn2cccn2)n1. The van der Waals surface area contributed by atoms with Crippen LogP contribution >= 0.6 is 11.6 Å². The Kier molecular flexibility index (Phi) is 5.99. The fraction of sp³-hybridized carbons (Fsp3) is 0.364. The zero-order chi connectivity index (χ0) is 21.1. The molecule has 156 valence electrons. The van der Waals surface area contributed by atoms with Gasteiger partial charge in [-0.15, -0.1) is 0 Å². The number of piperidine rings is 1. The minimum atomic E-state index is -0.113. The molecule has 0 spiro atoms. The van der Waals surface area contributed by atoms with E-state index in [0.29, 0.717) is 17.5 Å². The van der Waals surface area contributed by atoms with Crippen molar-refractivity contribution in [3.05, 3.63) is 59.6 Å². The number of anilines is 1. The maximum atomic E-state index is 13.2. The Labute approximate surface area is 181 Å². The molecule has 1 saturated heterocycles. The lowest BCUT2D eigenvalue weighted by Gasteiger charge is -2.36. The molecule has 30 heavy (non-hydrogen) atoms. The number of carbonyl (C=O) groups excluding carboxylic acids is 1. The molecule has 4 rings (SSSR count). The quantitative estimate of drug-likeness (QED) is 0.623. The molecule has 3 heterocycles. The van der Waals surface area contributed by atoms with Gasteiger partial charge in [-0.05, 0) is 43.0 Å². The second-order valence-corrected chi connectivity index (χ2v) is 8.11. The number of aromatic nitrogens is 4. The molecule has 1 atom stereocenters. The van der Waals surface area contributed by atoms with Crippen LogP contribution in [0.25, 0.3) is 11.1 Å². The first kappa shape index (κ1) is 20.3. The van der Waals surface area contributed by atoms with Gasteiger partial charge in [0, 0.05) is 49.8 Å². The topological polar surface area (TPSA) is 67.2 Å². The Balaban J connectivity index is 1.75. The fourth-order valence-corrected chi connectivity index (χ4v) is 4.06. The number of rotatable bonds is 5. The average Bonchev–Trinajstić information content (AvgIpc) is 3.26. The molecule has 1 aliphatic rings. The van der Waals surface area contributed by atoms with Crippen LogP contribution in [0.1, 0.15) is 31.0 Å². The van der Waals surface area contributed by atoms with E-state index < -0.39 is 0 Å². The molecular weight excluding hydrogens is 400 g/mol. The number of amides is 1. The molecule has 1 fully saturated rings. The molecule has 0 saturated carbocycles. The molecule has 0 radical (unpaired) electrons. The van der Waals surface area contributed by atoms with Crippen molar-refractivity contribution in [1.29, 1.82) is 0 Å². The summed E-state index contributed by atoms with van der Waals surface area (Å²) in [6, 6.07) is 9.40. The van der Waals surface area contributed by atoms with E-state index in [1.54, 1.807) is 10.9 Å². The molecule has 0 aliphatic carbocycles. The van der Waals surface area contributed by atoms with Crippen molar-refractivity contribution in [1.82, 2.24) is 24.6 Å². The highest BCUT2D eigenvalue weighted by Gasteiger charge is 2.31. The number of likely N-dealkylation sites (tertiary alicyclic amines) is 1. The molecule has 0 bridgehead atoms. The molecule has 8 heteroatoms. The van der Waals surface area contributed by atoms with E-state index in [1.807, 2.05) is 66.6 Å². The third kappa shape index (κ3) is 4.31. The number of carbonyl (C=O) groups is 1. The van der Waals surface area contributed by atoms with Crippen molar-refractivity contribution in [3.8, 4) is 11.1 Å². The second kappa shape index (κ2) is 8.83. The summed E-state index contributed by atoms with van der Waals surface area (Å²) in [7, 11) is 3.83. The fourth-order valence-electron chi connectivity index (χ4n) is 3.87. The van der Waals surface area contributed by atoms with Crippen LogP contribution in [0.5, 0.6) is 0 Å².